The molecule has 0 aromatic carbocycles. The molecule has 3 rings (SSSR count). The zero-order valence-electron chi connectivity index (χ0n) is 11.7. The lowest BCUT2D eigenvalue weighted by atomic mass is 10.2. The van der Waals surface area contributed by atoms with Crippen LogP contribution in [0.2, 0.25) is 0 Å². The fourth-order valence-electron chi connectivity index (χ4n) is 2.03. The van der Waals surface area contributed by atoms with Gasteiger partial charge in [-0.1, -0.05) is 11.8 Å². The summed E-state index contributed by atoms with van der Waals surface area (Å²) in [6.45, 7) is 1.87. The van der Waals surface area contributed by atoms with E-state index in [1.165, 1.54) is 16.4 Å². The van der Waals surface area contributed by atoms with Gasteiger partial charge in [-0.05, 0) is 31.9 Å². The van der Waals surface area contributed by atoms with E-state index in [2.05, 4.69) is 15.5 Å². The minimum absolute atomic E-state index is 0.0973. The third-order valence-corrected chi connectivity index (χ3v) is 4.26. The normalized spacial score (nSPS) is 15.9. The molecule has 2 aromatic heterocycles. The van der Waals surface area contributed by atoms with Crippen molar-refractivity contribution in [2.45, 2.75) is 36.9 Å². The Balaban J connectivity index is 1.51. The van der Waals surface area contributed by atoms with Crippen LogP contribution in [0.1, 0.15) is 43.3 Å². The fraction of sp³-hybridized carbons (Fsp3) is 0.462. The summed E-state index contributed by atoms with van der Waals surface area (Å²) >= 11 is 1.28. The van der Waals surface area contributed by atoms with Crippen molar-refractivity contribution in [3.63, 3.8) is 0 Å². The van der Waals surface area contributed by atoms with E-state index >= 15 is 0 Å². The van der Waals surface area contributed by atoms with Crippen LogP contribution in [0.4, 0.5) is 0 Å². The van der Waals surface area contributed by atoms with Crippen LogP contribution >= 0.6 is 11.8 Å². The van der Waals surface area contributed by atoms with Gasteiger partial charge in [0.2, 0.25) is 11.1 Å². The molecule has 1 amide bonds. The van der Waals surface area contributed by atoms with Gasteiger partial charge in [0.05, 0.1) is 18.1 Å². The molecule has 1 fully saturated rings. The van der Waals surface area contributed by atoms with Crippen LogP contribution in [-0.4, -0.2) is 26.5 Å². The van der Waals surface area contributed by atoms with Crippen LogP contribution in [0.5, 0.6) is 0 Å². The molecule has 0 radical (unpaired) electrons. The number of carbonyl (C=O) groups excluding carboxylic acids is 1. The second kappa shape index (κ2) is 5.80. The summed E-state index contributed by atoms with van der Waals surface area (Å²) < 4.78 is 6.74. The van der Waals surface area contributed by atoms with Gasteiger partial charge in [-0.25, -0.2) is 4.68 Å². The summed E-state index contributed by atoms with van der Waals surface area (Å²) in [6.07, 6.45) is 3.81. The van der Waals surface area contributed by atoms with E-state index in [1.54, 1.807) is 12.3 Å². The Labute approximate surface area is 126 Å². The molecule has 21 heavy (non-hydrogen) atoms. The maximum absolute atomic E-state index is 11.9. The van der Waals surface area contributed by atoms with Crippen molar-refractivity contribution < 1.29 is 9.21 Å². The van der Waals surface area contributed by atoms with Crippen molar-refractivity contribution in [2.24, 2.45) is 0 Å². The molecule has 1 saturated carbocycles. The maximum Gasteiger partial charge on any atom is 0.231 e. The number of furan rings is 1. The van der Waals surface area contributed by atoms with Gasteiger partial charge in [0.1, 0.15) is 5.76 Å². The highest BCUT2D eigenvalue weighted by molar-refractivity contribution is 7.99. The van der Waals surface area contributed by atoms with E-state index in [4.69, 9.17) is 10.3 Å². The number of nitrogens with zero attached hydrogens (tertiary/aromatic N) is 3. The second-order valence-electron chi connectivity index (χ2n) is 5.08. The van der Waals surface area contributed by atoms with Gasteiger partial charge in [0, 0.05) is 5.92 Å². The molecule has 2 heterocycles. The van der Waals surface area contributed by atoms with E-state index in [1.807, 2.05) is 13.0 Å². The number of carbonyl (C=O) groups is 1. The number of nitrogens with two attached hydrogens (primary N) is 1. The molecular formula is C13H17N5O2S. The first kappa shape index (κ1) is 14.0. The van der Waals surface area contributed by atoms with Crippen LogP contribution in [-0.2, 0) is 4.79 Å². The van der Waals surface area contributed by atoms with Gasteiger partial charge >= 0.3 is 0 Å². The van der Waals surface area contributed by atoms with Crippen LogP contribution in [0.25, 0.3) is 0 Å². The van der Waals surface area contributed by atoms with Gasteiger partial charge in [-0.3, -0.25) is 4.79 Å². The number of rotatable bonds is 6. The van der Waals surface area contributed by atoms with Gasteiger partial charge in [0.15, 0.2) is 5.82 Å². The van der Waals surface area contributed by atoms with Gasteiger partial charge in [0.25, 0.3) is 0 Å². The first-order valence-corrected chi connectivity index (χ1v) is 7.79. The summed E-state index contributed by atoms with van der Waals surface area (Å²) in [5, 5.41) is 11.5. The van der Waals surface area contributed by atoms with E-state index in [-0.39, 0.29) is 17.7 Å². The van der Waals surface area contributed by atoms with Crippen LogP contribution < -0.4 is 11.2 Å². The Morgan fingerprint density at radius 3 is 3.10 bits per heavy atom. The summed E-state index contributed by atoms with van der Waals surface area (Å²) in [5.74, 6) is 8.05. The first-order chi connectivity index (χ1) is 10.1. The average Bonchev–Trinajstić information content (AvgIpc) is 3.01. The molecule has 1 aliphatic carbocycles. The lowest BCUT2D eigenvalue weighted by molar-refractivity contribution is -0.119. The zero-order chi connectivity index (χ0) is 14.8. The monoisotopic (exact) mass is 307 g/mol. The summed E-state index contributed by atoms with van der Waals surface area (Å²) in [4.78, 5) is 11.9. The minimum atomic E-state index is -0.161. The average molecular weight is 307 g/mol. The molecule has 2 aromatic rings. The number of thioether (sulfide) groups is 1. The molecule has 112 valence electrons. The third kappa shape index (κ3) is 3.21. The number of amides is 1. The second-order valence-corrected chi connectivity index (χ2v) is 6.02. The zero-order valence-corrected chi connectivity index (χ0v) is 12.5. The van der Waals surface area contributed by atoms with Crippen molar-refractivity contribution in [2.75, 3.05) is 11.6 Å². The number of hydrogen-bond acceptors (Lipinski definition) is 6. The maximum atomic E-state index is 11.9. The molecule has 7 nitrogen and oxygen atoms in total. The van der Waals surface area contributed by atoms with Gasteiger partial charge < -0.3 is 15.6 Å². The smallest absolute Gasteiger partial charge is 0.231 e. The van der Waals surface area contributed by atoms with Crippen LogP contribution in [0, 0.1) is 0 Å². The van der Waals surface area contributed by atoms with Crippen LogP contribution in [0.15, 0.2) is 28.0 Å². The third-order valence-electron chi connectivity index (χ3n) is 3.31. The molecule has 0 saturated heterocycles. The number of nitrogen functional groups attached to an aromatic ring is 1. The van der Waals surface area contributed by atoms with E-state index < -0.39 is 0 Å². The van der Waals surface area contributed by atoms with E-state index in [0.717, 1.165) is 24.4 Å². The largest absolute Gasteiger partial charge is 0.467 e. The quantitative estimate of drug-likeness (QED) is 0.619. The topological polar surface area (TPSA) is 99.0 Å². The lowest BCUT2D eigenvalue weighted by Gasteiger charge is -2.10. The predicted molar refractivity (Wildman–Crippen MR) is 78.1 cm³/mol. The first-order valence-electron chi connectivity index (χ1n) is 6.81. The van der Waals surface area contributed by atoms with Crippen molar-refractivity contribution in [1.82, 2.24) is 20.2 Å². The summed E-state index contributed by atoms with van der Waals surface area (Å²) in [5.41, 5.74) is 0. The van der Waals surface area contributed by atoms with Crippen molar-refractivity contribution >= 4 is 17.7 Å². The molecular weight excluding hydrogens is 290 g/mol. The standard InChI is InChI=1S/C13H17N5O2S/c1-8(10-3-2-6-20-10)15-11(19)7-21-13-17-16-12(18(13)14)9-4-5-9/h2-3,6,8-9H,4-5,7,14H2,1H3,(H,15,19)/t8-/m1/s1. The summed E-state index contributed by atoms with van der Waals surface area (Å²) in [6, 6.07) is 3.46. The fourth-order valence-corrected chi connectivity index (χ4v) is 2.70. The Kier molecular flexibility index (Phi) is 3.87. The molecule has 0 spiro atoms. The van der Waals surface area contributed by atoms with E-state index in [9.17, 15) is 4.79 Å². The van der Waals surface area contributed by atoms with E-state index in [0.29, 0.717) is 11.1 Å². The van der Waals surface area contributed by atoms with Crippen molar-refractivity contribution in [1.29, 1.82) is 0 Å². The van der Waals surface area contributed by atoms with Crippen molar-refractivity contribution in [3.8, 4) is 0 Å². The number of hydrogen-bond donors (Lipinski definition) is 2. The Morgan fingerprint density at radius 2 is 2.43 bits per heavy atom. The highest BCUT2D eigenvalue weighted by Gasteiger charge is 2.30. The van der Waals surface area contributed by atoms with Crippen LogP contribution in [0.3, 0.4) is 0 Å². The SMILES string of the molecule is C[C@@H](NC(=O)CSc1nnc(C2CC2)n1N)c1ccco1. The Morgan fingerprint density at radius 1 is 1.62 bits per heavy atom. The minimum Gasteiger partial charge on any atom is -0.467 e. The molecule has 1 aliphatic rings. The van der Waals surface area contributed by atoms with Gasteiger partial charge in [-0.2, -0.15) is 0 Å². The molecule has 0 aliphatic heterocycles. The molecule has 3 N–H and O–H groups in total. The van der Waals surface area contributed by atoms with Crippen molar-refractivity contribution in [3.05, 3.63) is 30.0 Å². The number of aromatic nitrogens is 3. The Hall–Kier alpha value is -1.96. The molecule has 0 unspecified atom stereocenters. The Bertz CT molecular complexity index is 621. The molecule has 1 atom stereocenters. The summed E-state index contributed by atoms with van der Waals surface area (Å²) in [7, 11) is 0. The predicted octanol–water partition coefficient (Wildman–Crippen LogP) is 1.43. The highest BCUT2D eigenvalue weighted by atomic mass is 32.2. The lowest BCUT2D eigenvalue weighted by Crippen LogP contribution is -2.28. The highest BCUT2D eigenvalue weighted by Crippen LogP contribution is 2.39. The number of nitrogens with one attached hydrogen (secondary N) is 1. The molecule has 0 bridgehead atoms. The molecule has 8 heteroatoms. The van der Waals surface area contributed by atoms with Gasteiger partial charge in [-0.15, -0.1) is 10.2 Å².